The van der Waals surface area contributed by atoms with E-state index in [9.17, 15) is 9.18 Å². The van der Waals surface area contributed by atoms with E-state index in [0.29, 0.717) is 5.69 Å². The van der Waals surface area contributed by atoms with Gasteiger partial charge in [-0.1, -0.05) is 29.8 Å². The highest BCUT2D eigenvalue weighted by Gasteiger charge is 2.42. The Balaban J connectivity index is 1.91. The summed E-state index contributed by atoms with van der Waals surface area (Å²) in [7, 11) is 0. The van der Waals surface area contributed by atoms with Crippen LogP contribution in [0.25, 0.3) is 0 Å². The number of fused-ring (bicyclic) bond motifs is 1. The normalized spacial score (nSPS) is 16.5. The number of hydrogen-bond acceptors (Lipinski definition) is 2. The first-order valence-electron chi connectivity index (χ1n) is 7.77. The summed E-state index contributed by atoms with van der Waals surface area (Å²) in [6, 6.07) is 13.7. The van der Waals surface area contributed by atoms with E-state index in [2.05, 4.69) is 10.2 Å². The van der Waals surface area contributed by atoms with Gasteiger partial charge in [0.1, 0.15) is 5.82 Å². The number of H-pyrrole nitrogens is 1. The molecule has 1 atom stereocenters. The van der Waals surface area contributed by atoms with E-state index in [0.717, 1.165) is 28.1 Å². The predicted molar refractivity (Wildman–Crippen MR) is 89.6 cm³/mol. The van der Waals surface area contributed by atoms with Crippen LogP contribution in [0.15, 0.2) is 48.5 Å². The summed E-state index contributed by atoms with van der Waals surface area (Å²) in [5.41, 5.74) is 4.66. The van der Waals surface area contributed by atoms with Crippen LogP contribution >= 0.6 is 0 Å². The molecule has 5 heteroatoms. The van der Waals surface area contributed by atoms with Crippen molar-refractivity contribution in [3.05, 3.63) is 82.4 Å². The van der Waals surface area contributed by atoms with Crippen molar-refractivity contribution in [3.8, 4) is 0 Å². The average Bonchev–Trinajstić information content (AvgIpc) is 3.07. The monoisotopic (exact) mass is 321 g/mol. The van der Waals surface area contributed by atoms with Gasteiger partial charge in [-0.25, -0.2) is 4.39 Å². The molecule has 1 aliphatic rings. The van der Waals surface area contributed by atoms with E-state index >= 15 is 0 Å². The summed E-state index contributed by atoms with van der Waals surface area (Å²) < 4.78 is 13.8. The van der Waals surface area contributed by atoms with Gasteiger partial charge in [0, 0.05) is 16.9 Å². The fraction of sp³-hybridized carbons (Fsp3) is 0.158. The number of hydrogen-bond donors (Lipinski definition) is 1. The Morgan fingerprint density at radius 3 is 2.58 bits per heavy atom. The molecule has 1 N–H and O–H groups in total. The first kappa shape index (κ1) is 14.6. The maximum atomic E-state index is 13.8. The maximum Gasteiger partial charge on any atom is 0.279 e. The Hall–Kier alpha value is -2.95. The first-order chi connectivity index (χ1) is 11.6. The molecule has 0 radical (unpaired) electrons. The summed E-state index contributed by atoms with van der Waals surface area (Å²) in [5.74, 6) is -0.495. The summed E-state index contributed by atoms with van der Waals surface area (Å²) in [5, 5.41) is 7.03. The minimum absolute atomic E-state index is 0.174. The number of aryl methyl sites for hydroxylation is 2. The fourth-order valence-electron chi connectivity index (χ4n) is 3.26. The van der Waals surface area contributed by atoms with Gasteiger partial charge in [-0.15, -0.1) is 0 Å². The Morgan fingerprint density at radius 1 is 1.12 bits per heavy atom. The second kappa shape index (κ2) is 5.30. The van der Waals surface area contributed by atoms with Gasteiger partial charge >= 0.3 is 0 Å². The quantitative estimate of drug-likeness (QED) is 0.778. The maximum absolute atomic E-state index is 13.8. The second-order valence-electron chi connectivity index (χ2n) is 6.08. The van der Waals surface area contributed by atoms with Crippen LogP contribution in [-0.2, 0) is 0 Å². The Morgan fingerprint density at radius 2 is 1.88 bits per heavy atom. The number of carbonyl (C=O) groups is 1. The molecule has 3 aromatic rings. The highest BCUT2D eigenvalue weighted by atomic mass is 19.1. The Bertz CT molecular complexity index is 930. The van der Waals surface area contributed by atoms with Crippen molar-refractivity contribution in [3.63, 3.8) is 0 Å². The van der Waals surface area contributed by atoms with Gasteiger partial charge < -0.3 is 0 Å². The van der Waals surface area contributed by atoms with Gasteiger partial charge in [0.05, 0.1) is 6.04 Å². The van der Waals surface area contributed by atoms with E-state index in [4.69, 9.17) is 0 Å². The molecule has 2 heterocycles. The number of carbonyl (C=O) groups excluding carboxylic acids is 1. The fourth-order valence-corrected chi connectivity index (χ4v) is 3.26. The largest absolute Gasteiger partial charge is 0.295 e. The zero-order valence-electron chi connectivity index (χ0n) is 13.4. The van der Waals surface area contributed by atoms with E-state index in [-0.39, 0.29) is 17.8 Å². The summed E-state index contributed by atoms with van der Waals surface area (Å²) in [6.07, 6.45) is 0. The molecule has 24 heavy (non-hydrogen) atoms. The van der Waals surface area contributed by atoms with Crippen LogP contribution in [0.3, 0.4) is 0 Å². The van der Waals surface area contributed by atoms with E-state index in [1.54, 1.807) is 11.0 Å². The third kappa shape index (κ3) is 2.12. The van der Waals surface area contributed by atoms with Gasteiger partial charge in [0.25, 0.3) is 5.91 Å². The molecule has 0 saturated heterocycles. The molecule has 0 fully saturated rings. The van der Waals surface area contributed by atoms with E-state index < -0.39 is 0 Å². The third-order valence-electron chi connectivity index (χ3n) is 4.42. The van der Waals surface area contributed by atoms with Crippen molar-refractivity contribution in [2.75, 3.05) is 4.90 Å². The molecule has 2 aromatic carbocycles. The van der Waals surface area contributed by atoms with Crippen LogP contribution in [-0.4, -0.2) is 16.1 Å². The molecule has 4 nitrogen and oxygen atoms in total. The van der Waals surface area contributed by atoms with Crippen LogP contribution in [0.5, 0.6) is 0 Å². The molecule has 1 unspecified atom stereocenters. The number of nitrogens with zero attached hydrogens (tertiary/aromatic N) is 2. The van der Waals surface area contributed by atoms with E-state index in [1.165, 1.54) is 12.1 Å². The highest BCUT2D eigenvalue weighted by molar-refractivity contribution is 6.10. The first-order valence-corrected chi connectivity index (χ1v) is 7.77. The average molecular weight is 321 g/mol. The number of halogens is 1. The van der Waals surface area contributed by atoms with Crippen LogP contribution in [0.1, 0.15) is 38.9 Å². The van der Waals surface area contributed by atoms with E-state index in [1.807, 2.05) is 44.2 Å². The van der Waals surface area contributed by atoms with Gasteiger partial charge in [0.15, 0.2) is 5.69 Å². The standard InChI is InChI=1S/C19H16FN3O/c1-11-6-8-15(9-7-11)23-18(13-4-3-5-14(20)10-13)16-12(2)21-22-17(16)19(23)24/h3-10,18H,1-2H3,(H,21,22). The zero-order chi connectivity index (χ0) is 16.8. The molecule has 0 bridgehead atoms. The number of anilines is 1. The SMILES string of the molecule is Cc1ccc(N2C(=O)c3n[nH]c(C)c3C2c2cccc(F)c2)cc1. The highest BCUT2D eigenvalue weighted by Crippen LogP contribution is 2.42. The lowest BCUT2D eigenvalue weighted by molar-refractivity contribution is 0.0988. The molecule has 0 spiro atoms. The predicted octanol–water partition coefficient (Wildman–Crippen LogP) is 3.92. The molecule has 0 saturated carbocycles. The summed E-state index contributed by atoms with van der Waals surface area (Å²) in [4.78, 5) is 14.6. The van der Waals surface area contributed by atoms with Gasteiger partial charge in [0.2, 0.25) is 0 Å². The summed E-state index contributed by atoms with van der Waals surface area (Å²) in [6.45, 7) is 3.87. The lowest BCUT2D eigenvalue weighted by Crippen LogP contribution is -2.29. The van der Waals surface area contributed by atoms with Crippen molar-refractivity contribution >= 4 is 11.6 Å². The topological polar surface area (TPSA) is 49.0 Å². The van der Waals surface area contributed by atoms with Crippen molar-refractivity contribution in [1.82, 2.24) is 10.2 Å². The van der Waals surface area contributed by atoms with Crippen LogP contribution in [0.4, 0.5) is 10.1 Å². The molecule has 0 aliphatic carbocycles. The third-order valence-corrected chi connectivity index (χ3v) is 4.42. The number of benzene rings is 2. The Labute approximate surface area is 138 Å². The summed E-state index contributed by atoms with van der Waals surface area (Å²) >= 11 is 0. The Kier molecular flexibility index (Phi) is 3.23. The van der Waals surface area contributed by atoms with Crippen LogP contribution < -0.4 is 4.90 Å². The number of rotatable bonds is 2. The number of aromatic amines is 1. The number of aromatic nitrogens is 2. The van der Waals surface area contributed by atoms with Crippen molar-refractivity contribution in [1.29, 1.82) is 0 Å². The molecule has 120 valence electrons. The van der Waals surface area contributed by atoms with Crippen LogP contribution in [0, 0.1) is 19.7 Å². The molecule has 1 aromatic heterocycles. The van der Waals surface area contributed by atoms with Crippen molar-refractivity contribution < 1.29 is 9.18 Å². The van der Waals surface area contributed by atoms with Gasteiger partial charge in [-0.2, -0.15) is 5.10 Å². The van der Waals surface area contributed by atoms with Gasteiger partial charge in [-0.3, -0.25) is 14.8 Å². The second-order valence-corrected chi connectivity index (χ2v) is 6.08. The number of amides is 1. The smallest absolute Gasteiger partial charge is 0.279 e. The minimum atomic E-state index is -0.385. The molecular weight excluding hydrogens is 305 g/mol. The van der Waals surface area contributed by atoms with Crippen molar-refractivity contribution in [2.45, 2.75) is 19.9 Å². The zero-order valence-corrected chi connectivity index (χ0v) is 13.4. The molecular formula is C19H16FN3O. The number of nitrogens with one attached hydrogen (secondary N) is 1. The molecule has 1 amide bonds. The molecule has 1 aliphatic heterocycles. The molecule has 4 rings (SSSR count). The van der Waals surface area contributed by atoms with Crippen LogP contribution in [0.2, 0.25) is 0 Å². The van der Waals surface area contributed by atoms with Crippen molar-refractivity contribution in [2.24, 2.45) is 0 Å². The van der Waals surface area contributed by atoms with Gasteiger partial charge in [-0.05, 0) is 43.7 Å². The minimum Gasteiger partial charge on any atom is -0.295 e. The lowest BCUT2D eigenvalue weighted by atomic mass is 9.98. The lowest BCUT2D eigenvalue weighted by Gasteiger charge is -2.26.